The van der Waals surface area contributed by atoms with Crippen molar-refractivity contribution in [1.29, 1.82) is 0 Å². The van der Waals surface area contributed by atoms with Crippen LogP contribution in [0.4, 0.5) is 0 Å². The lowest BCUT2D eigenvalue weighted by molar-refractivity contribution is -0.149. The Morgan fingerprint density at radius 1 is 1.35 bits per heavy atom. The molecule has 0 heterocycles. The SMILES string of the molecule is NC(CO)C(OC(=O)C(Cl)Cl)c1ccccc1. The van der Waals surface area contributed by atoms with Gasteiger partial charge in [-0.05, 0) is 5.56 Å². The van der Waals surface area contributed by atoms with Crippen molar-refractivity contribution < 1.29 is 14.6 Å². The van der Waals surface area contributed by atoms with Crippen molar-refractivity contribution in [3.63, 3.8) is 0 Å². The first kappa shape index (κ1) is 14.3. The average Bonchev–Trinajstić information content (AvgIpc) is 2.35. The molecule has 0 fully saturated rings. The Balaban J connectivity index is 2.85. The number of benzene rings is 1. The van der Waals surface area contributed by atoms with Crippen LogP contribution in [0.1, 0.15) is 11.7 Å². The Kier molecular flexibility index (Phi) is 5.71. The highest BCUT2D eigenvalue weighted by molar-refractivity contribution is 6.52. The number of rotatable bonds is 5. The standard InChI is InChI=1S/C11H13Cl2NO3/c12-10(13)11(16)17-9(8(14)6-15)7-4-2-1-3-5-7/h1-5,8-10,15H,6,14H2. The molecule has 0 amide bonds. The molecule has 0 spiro atoms. The highest BCUT2D eigenvalue weighted by atomic mass is 35.5. The van der Waals surface area contributed by atoms with E-state index in [4.69, 9.17) is 38.8 Å². The first-order valence-corrected chi connectivity index (χ1v) is 5.83. The van der Waals surface area contributed by atoms with E-state index in [0.717, 1.165) is 0 Å². The fourth-order valence-corrected chi connectivity index (χ4v) is 1.42. The van der Waals surface area contributed by atoms with Gasteiger partial charge < -0.3 is 15.6 Å². The molecule has 0 saturated heterocycles. The first-order valence-electron chi connectivity index (χ1n) is 4.96. The summed E-state index contributed by atoms with van der Waals surface area (Å²) < 4.78 is 5.06. The molecule has 0 aromatic heterocycles. The van der Waals surface area contributed by atoms with Crippen LogP contribution >= 0.6 is 23.2 Å². The molecule has 0 aliphatic rings. The third-order valence-corrected chi connectivity index (χ3v) is 2.51. The molecule has 0 bridgehead atoms. The lowest BCUT2D eigenvalue weighted by Gasteiger charge is -2.23. The molecule has 17 heavy (non-hydrogen) atoms. The van der Waals surface area contributed by atoms with Gasteiger partial charge in [0.15, 0.2) is 0 Å². The van der Waals surface area contributed by atoms with Gasteiger partial charge in [0, 0.05) is 0 Å². The van der Waals surface area contributed by atoms with Crippen LogP contribution in [0.2, 0.25) is 0 Å². The number of aliphatic hydroxyl groups excluding tert-OH is 1. The fourth-order valence-electron chi connectivity index (χ4n) is 1.32. The molecular weight excluding hydrogens is 265 g/mol. The molecule has 0 aliphatic carbocycles. The van der Waals surface area contributed by atoms with Gasteiger partial charge in [0.2, 0.25) is 4.84 Å². The van der Waals surface area contributed by atoms with Crippen LogP contribution in [0.25, 0.3) is 0 Å². The second kappa shape index (κ2) is 6.81. The van der Waals surface area contributed by atoms with E-state index < -0.39 is 23.0 Å². The van der Waals surface area contributed by atoms with Crippen molar-refractivity contribution in [3.8, 4) is 0 Å². The molecule has 6 heteroatoms. The Morgan fingerprint density at radius 2 is 1.94 bits per heavy atom. The minimum Gasteiger partial charge on any atom is -0.454 e. The monoisotopic (exact) mass is 277 g/mol. The third-order valence-electron chi connectivity index (χ3n) is 2.15. The number of ether oxygens (including phenoxy) is 1. The Morgan fingerprint density at radius 3 is 2.41 bits per heavy atom. The highest BCUT2D eigenvalue weighted by Gasteiger charge is 2.25. The van der Waals surface area contributed by atoms with Crippen molar-refractivity contribution in [3.05, 3.63) is 35.9 Å². The van der Waals surface area contributed by atoms with E-state index in [1.54, 1.807) is 24.3 Å². The van der Waals surface area contributed by atoms with Crippen LogP contribution in [0, 0.1) is 0 Å². The summed E-state index contributed by atoms with van der Waals surface area (Å²) in [5, 5.41) is 9.04. The number of esters is 1. The summed E-state index contributed by atoms with van der Waals surface area (Å²) in [5.74, 6) is -0.786. The maximum atomic E-state index is 11.3. The van der Waals surface area contributed by atoms with Crippen LogP contribution in [-0.2, 0) is 9.53 Å². The molecule has 4 nitrogen and oxygen atoms in total. The molecule has 1 aromatic carbocycles. The molecule has 94 valence electrons. The maximum absolute atomic E-state index is 11.3. The number of aliphatic hydroxyl groups is 1. The molecule has 2 unspecified atom stereocenters. The van der Waals surface area contributed by atoms with Gasteiger partial charge in [-0.2, -0.15) is 0 Å². The zero-order valence-electron chi connectivity index (χ0n) is 8.92. The van der Waals surface area contributed by atoms with Crippen LogP contribution in [-0.4, -0.2) is 28.6 Å². The predicted octanol–water partition coefficient (Wildman–Crippen LogP) is 1.39. The van der Waals surface area contributed by atoms with Gasteiger partial charge in [-0.15, -0.1) is 0 Å². The van der Waals surface area contributed by atoms with Crippen molar-refractivity contribution in [2.24, 2.45) is 5.73 Å². The van der Waals surface area contributed by atoms with Gasteiger partial charge in [-0.25, -0.2) is 4.79 Å². The van der Waals surface area contributed by atoms with Crippen LogP contribution in [0.3, 0.4) is 0 Å². The molecule has 0 saturated carbocycles. The summed E-state index contributed by atoms with van der Waals surface area (Å²) >= 11 is 10.8. The highest BCUT2D eigenvalue weighted by Crippen LogP contribution is 2.22. The summed E-state index contributed by atoms with van der Waals surface area (Å²) in [6.45, 7) is -0.317. The quantitative estimate of drug-likeness (QED) is 0.630. The largest absolute Gasteiger partial charge is 0.454 e. The zero-order chi connectivity index (χ0) is 12.8. The molecule has 0 aliphatic heterocycles. The van der Waals surface area contributed by atoms with Crippen molar-refractivity contribution in [1.82, 2.24) is 0 Å². The van der Waals surface area contributed by atoms with Crippen molar-refractivity contribution in [2.75, 3.05) is 6.61 Å². The lowest BCUT2D eigenvalue weighted by Crippen LogP contribution is -2.35. The summed E-state index contributed by atoms with van der Waals surface area (Å²) in [5.41, 5.74) is 6.36. The van der Waals surface area contributed by atoms with Gasteiger partial charge in [0.05, 0.1) is 12.6 Å². The number of hydrogen-bond donors (Lipinski definition) is 2. The summed E-state index contributed by atoms with van der Waals surface area (Å²) in [7, 11) is 0. The van der Waals surface area contributed by atoms with Gasteiger partial charge >= 0.3 is 5.97 Å². The van der Waals surface area contributed by atoms with Gasteiger partial charge in [-0.1, -0.05) is 53.5 Å². The van der Waals surface area contributed by atoms with Crippen molar-refractivity contribution in [2.45, 2.75) is 17.0 Å². The van der Waals surface area contributed by atoms with E-state index in [-0.39, 0.29) is 6.61 Å². The zero-order valence-corrected chi connectivity index (χ0v) is 10.4. The van der Waals surface area contributed by atoms with Gasteiger partial charge in [0.25, 0.3) is 0 Å². The Labute approximate surface area is 109 Å². The molecule has 0 radical (unpaired) electrons. The van der Waals surface area contributed by atoms with E-state index >= 15 is 0 Å². The van der Waals surface area contributed by atoms with E-state index in [1.807, 2.05) is 6.07 Å². The Bertz CT molecular complexity index is 359. The second-order valence-corrected chi connectivity index (χ2v) is 4.51. The van der Waals surface area contributed by atoms with E-state index in [2.05, 4.69) is 0 Å². The number of alkyl halides is 2. The van der Waals surface area contributed by atoms with E-state index in [0.29, 0.717) is 5.56 Å². The fraction of sp³-hybridized carbons (Fsp3) is 0.364. The van der Waals surface area contributed by atoms with E-state index in [1.165, 1.54) is 0 Å². The van der Waals surface area contributed by atoms with Crippen molar-refractivity contribution >= 4 is 29.2 Å². The lowest BCUT2D eigenvalue weighted by atomic mass is 10.0. The second-order valence-electron chi connectivity index (χ2n) is 3.42. The normalized spacial score (nSPS) is 14.4. The number of carbonyl (C=O) groups is 1. The van der Waals surface area contributed by atoms with Gasteiger partial charge in [0.1, 0.15) is 6.10 Å². The molecule has 1 aromatic rings. The molecule has 1 rings (SSSR count). The topological polar surface area (TPSA) is 72.6 Å². The number of hydrogen-bond acceptors (Lipinski definition) is 4. The maximum Gasteiger partial charge on any atom is 0.340 e. The minimum absolute atomic E-state index is 0.317. The summed E-state index contributed by atoms with van der Waals surface area (Å²) in [6.07, 6.45) is -0.770. The van der Waals surface area contributed by atoms with E-state index in [9.17, 15) is 4.79 Å². The first-order chi connectivity index (χ1) is 8.06. The molecule has 2 atom stereocenters. The van der Waals surface area contributed by atoms with Crippen LogP contribution < -0.4 is 5.73 Å². The number of carbonyl (C=O) groups excluding carboxylic acids is 1. The summed E-state index contributed by atoms with van der Waals surface area (Å²) in [4.78, 5) is 10.1. The predicted molar refractivity (Wildman–Crippen MR) is 65.8 cm³/mol. The van der Waals surface area contributed by atoms with Crippen LogP contribution in [0.5, 0.6) is 0 Å². The number of halogens is 2. The summed E-state index contributed by atoms with van der Waals surface area (Å²) in [6, 6.07) is 8.13. The smallest absolute Gasteiger partial charge is 0.340 e. The number of nitrogens with two attached hydrogens (primary N) is 1. The molecule has 3 N–H and O–H groups in total. The van der Waals surface area contributed by atoms with Crippen LogP contribution in [0.15, 0.2) is 30.3 Å². The third kappa shape index (κ3) is 4.16. The average molecular weight is 278 g/mol. The Hall–Kier alpha value is -0.810. The molecular formula is C11H13Cl2NO3. The van der Waals surface area contributed by atoms with Gasteiger partial charge in [-0.3, -0.25) is 0 Å². The minimum atomic E-state index is -1.27.